The first-order valence-electron chi connectivity index (χ1n) is 6.17. The summed E-state index contributed by atoms with van der Waals surface area (Å²) in [4.78, 5) is 0. The van der Waals surface area contributed by atoms with Crippen molar-refractivity contribution in [2.45, 2.75) is 39.4 Å². The number of halogens is 3. The van der Waals surface area contributed by atoms with Crippen LogP contribution in [0.5, 0.6) is 0 Å². The molecule has 0 spiro atoms. The van der Waals surface area contributed by atoms with Gasteiger partial charge in [0.05, 0.1) is 5.56 Å². The van der Waals surface area contributed by atoms with Gasteiger partial charge >= 0.3 is 6.18 Å². The Morgan fingerprint density at radius 3 is 2.37 bits per heavy atom. The van der Waals surface area contributed by atoms with Crippen molar-refractivity contribution in [3.8, 4) is 0 Å². The molecule has 1 rings (SSSR count). The molecule has 0 radical (unpaired) electrons. The maximum Gasteiger partial charge on any atom is 0.416 e. The molecule has 1 nitrogen and oxygen atoms in total. The number of hydrogen-bond acceptors (Lipinski definition) is 1. The van der Waals surface area contributed by atoms with Gasteiger partial charge in [-0.2, -0.15) is 13.2 Å². The predicted octanol–water partition coefficient (Wildman–Crippen LogP) is 4.50. The Kier molecular flexibility index (Phi) is 4.80. The minimum absolute atomic E-state index is 0.0110. The van der Waals surface area contributed by atoms with Crippen molar-refractivity contribution in [3.63, 3.8) is 0 Å². The summed E-state index contributed by atoms with van der Waals surface area (Å²) in [5, 5.41) is 3.30. The number of nitrogens with one attached hydrogen (secondary N) is 1. The molecule has 0 aliphatic carbocycles. The van der Waals surface area contributed by atoms with E-state index >= 15 is 0 Å². The second-order valence-corrected chi connectivity index (χ2v) is 5.72. The maximum absolute atomic E-state index is 12.6. The lowest BCUT2D eigenvalue weighted by Crippen LogP contribution is -2.36. The summed E-state index contributed by atoms with van der Waals surface area (Å²) in [7, 11) is 0. The van der Waals surface area contributed by atoms with Crippen molar-refractivity contribution >= 4 is 6.08 Å². The predicted molar refractivity (Wildman–Crippen MR) is 72.9 cm³/mol. The molecule has 0 bridgehead atoms. The van der Waals surface area contributed by atoms with E-state index in [1.807, 2.05) is 27.7 Å². The average Bonchev–Trinajstić information content (AvgIpc) is 2.25. The van der Waals surface area contributed by atoms with Crippen LogP contribution in [0, 0.1) is 0 Å². The zero-order valence-electron chi connectivity index (χ0n) is 11.7. The molecule has 19 heavy (non-hydrogen) atoms. The Morgan fingerprint density at radius 1 is 1.21 bits per heavy atom. The van der Waals surface area contributed by atoms with E-state index in [0.29, 0.717) is 12.1 Å². The van der Waals surface area contributed by atoms with Gasteiger partial charge < -0.3 is 5.32 Å². The second kappa shape index (κ2) is 5.78. The molecule has 0 atom stereocenters. The van der Waals surface area contributed by atoms with E-state index in [-0.39, 0.29) is 5.54 Å². The zero-order valence-corrected chi connectivity index (χ0v) is 11.7. The molecule has 0 amide bonds. The second-order valence-electron chi connectivity index (χ2n) is 5.72. The molecule has 0 unspecified atom stereocenters. The van der Waals surface area contributed by atoms with E-state index in [1.54, 1.807) is 12.1 Å². The van der Waals surface area contributed by atoms with Gasteiger partial charge in [-0.05, 0) is 45.4 Å². The van der Waals surface area contributed by atoms with Gasteiger partial charge in [0, 0.05) is 12.1 Å². The smallest absolute Gasteiger partial charge is 0.308 e. The van der Waals surface area contributed by atoms with Crippen LogP contribution in [0.1, 0.15) is 38.8 Å². The molecule has 1 aromatic rings. The summed E-state index contributed by atoms with van der Waals surface area (Å²) in [6.07, 6.45) is -2.52. The van der Waals surface area contributed by atoms with Crippen LogP contribution in [0.3, 0.4) is 0 Å². The van der Waals surface area contributed by atoms with E-state index in [1.165, 1.54) is 12.1 Å². The Labute approximate surface area is 112 Å². The molecular weight excluding hydrogens is 251 g/mol. The molecule has 0 heterocycles. The number of alkyl halides is 3. The standard InChI is InChI=1S/C15H20F3N/c1-11(10-19-14(2,3)4)8-12-6-5-7-13(9-12)15(16,17)18/h5-9,19H,10H2,1-4H3. The van der Waals surface area contributed by atoms with Crippen LogP contribution in [0.4, 0.5) is 13.2 Å². The van der Waals surface area contributed by atoms with Gasteiger partial charge in [-0.25, -0.2) is 0 Å². The highest BCUT2D eigenvalue weighted by molar-refractivity contribution is 5.54. The quantitative estimate of drug-likeness (QED) is 0.853. The van der Waals surface area contributed by atoms with Gasteiger partial charge in [-0.3, -0.25) is 0 Å². The lowest BCUT2D eigenvalue weighted by atomic mass is 10.1. The summed E-state index contributed by atoms with van der Waals surface area (Å²) >= 11 is 0. The zero-order chi connectivity index (χ0) is 14.7. The lowest BCUT2D eigenvalue weighted by molar-refractivity contribution is -0.137. The van der Waals surface area contributed by atoms with E-state index in [9.17, 15) is 13.2 Å². The summed E-state index contributed by atoms with van der Waals surface area (Å²) in [5.74, 6) is 0. The Balaban J connectivity index is 2.81. The van der Waals surface area contributed by atoms with Crippen LogP contribution in [-0.4, -0.2) is 12.1 Å². The Hall–Kier alpha value is -1.29. The summed E-state index contributed by atoms with van der Waals surface area (Å²) in [6.45, 7) is 8.69. The normalized spacial score (nSPS) is 13.7. The first kappa shape index (κ1) is 15.8. The van der Waals surface area contributed by atoms with Gasteiger partial charge in [-0.1, -0.05) is 23.8 Å². The van der Waals surface area contributed by atoms with Crippen molar-refractivity contribution in [1.82, 2.24) is 5.32 Å². The van der Waals surface area contributed by atoms with Gasteiger partial charge in [0.2, 0.25) is 0 Å². The summed E-state index contributed by atoms with van der Waals surface area (Å²) < 4.78 is 37.7. The van der Waals surface area contributed by atoms with Gasteiger partial charge in [0.25, 0.3) is 0 Å². The SMILES string of the molecule is CC(=Cc1cccc(C(F)(F)F)c1)CNC(C)(C)C. The Bertz CT molecular complexity index is 453. The van der Waals surface area contributed by atoms with E-state index in [0.717, 1.165) is 11.6 Å². The fourth-order valence-electron chi connectivity index (χ4n) is 1.54. The number of benzene rings is 1. The van der Waals surface area contributed by atoms with Gasteiger partial charge in [0.1, 0.15) is 0 Å². The number of rotatable bonds is 3. The molecule has 0 saturated carbocycles. The van der Waals surface area contributed by atoms with Crippen molar-refractivity contribution in [2.24, 2.45) is 0 Å². The van der Waals surface area contributed by atoms with Gasteiger partial charge in [0.15, 0.2) is 0 Å². The van der Waals surface area contributed by atoms with Crippen LogP contribution in [-0.2, 0) is 6.18 Å². The topological polar surface area (TPSA) is 12.0 Å². The molecule has 0 aromatic heterocycles. The van der Waals surface area contributed by atoms with Crippen molar-refractivity contribution in [2.75, 3.05) is 6.54 Å². The fourth-order valence-corrected chi connectivity index (χ4v) is 1.54. The minimum Gasteiger partial charge on any atom is -0.308 e. The third kappa shape index (κ3) is 5.92. The summed E-state index contributed by atoms with van der Waals surface area (Å²) in [6, 6.07) is 5.36. The molecule has 106 valence electrons. The molecule has 0 aliphatic heterocycles. The molecule has 0 aliphatic rings. The molecule has 4 heteroatoms. The molecule has 1 aromatic carbocycles. The van der Waals surface area contributed by atoms with E-state index in [2.05, 4.69) is 5.32 Å². The molecule has 1 N–H and O–H groups in total. The molecule has 0 saturated heterocycles. The molecule has 0 fully saturated rings. The highest BCUT2D eigenvalue weighted by Gasteiger charge is 2.30. The first-order chi connectivity index (χ1) is 8.58. The van der Waals surface area contributed by atoms with Crippen LogP contribution >= 0.6 is 0 Å². The lowest BCUT2D eigenvalue weighted by Gasteiger charge is -2.20. The monoisotopic (exact) mass is 271 g/mol. The van der Waals surface area contributed by atoms with Gasteiger partial charge in [-0.15, -0.1) is 0 Å². The number of hydrogen-bond donors (Lipinski definition) is 1. The van der Waals surface area contributed by atoms with Crippen LogP contribution < -0.4 is 5.32 Å². The third-order valence-electron chi connectivity index (χ3n) is 2.52. The largest absolute Gasteiger partial charge is 0.416 e. The first-order valence-corrected chi connectivity index (χ1v) is 6.17. The van der Waals surface area contributed by atoms with Crippen molar-refractivity contribution in [1.29, 1.82) is 0 Å². The third-order valence-corrected chi connectivity index (χ3v) is 2.52. The average molecular weight is 271 g/mol. The van der Waals surface area contributed by atoms with E-state index in [4.69, 9.17) is 0 Å². The highest BCUT2D eigenvalue weighted by atomic mass is 19.4. The van der Waals surface area contributed by atoms with Crippen molar-refractivity contribution in [3.05, 3.63) is 41.0 Å². The van der Waals surface area contributed by atoms with Crippen LogP contribution in [0.15, 0.2) is 29.8 Å². The highest BCUT2D eigenvalue weighted by Crippen LogP contribution is 2.29. The Morgan fingerprint density at radius 2 is 1.84 bits per heavy atom. The van der Waals surface area contributed by atoms with Crippen molar-refractivity contribution < 1.29 is 13.2 Å². The molecular formula is C15H20F3N. The maximum atomic E-state index is 12.6. The minimum atomic E-state index is -4.29. The van der Waals surface area contributed by atoms with Crippen LogP contribution in [0.2, 0.25) is 0 Å². The van der Waals surface area contributed by atoms with E-state index < -0.39 is 11.7 Å². The summed E-state index contributed by atoms with van der Waals surface area (Å²) in [5.41, 5.74) is 0.943. The van der Waals surface area contributed by atoms with Crippen LogP contribution in [0.25, 0.3) is 6.08 Å². The fraction of sp³-hybridized carbons (Fsp3) is 0.467.